The largest absolute Gasteiger partial charge is 0.192 e. The molecule has 0 radical (unpaired) electrons. The lowest BCUT2D eigenvalue weighted by atomic mass is 9.95. The van der Waals surface area contributed by atoms with Gasteiger partial charge in [0.15, 0.2) is 0 Å². The van der Waals surface area contributed by atoms with Crippen LogP contribution in [0.3, 0.4) is 0 Å². The van der Waals surface area contributed by atoms with Crippen molar-refractivity contribution in [2.75, 3.05) is 0 Å². The SMILES string of the molecule is C=CC(CCCCCCC)c1sc(-c2ccc(-c3cccs3)s2)c(C#N)c1C#N. The van der Waals surface area contributed by atoms with E-state index in [1.807, 2.05) is 12.1 Å². The van der Waals surface area contributed by atoms with Gasteiger partial charge in [0.1, 0.15) is 12.1 Å². The van der Waals surface area contributed by atoms with Crippen LogP contribution in [0.15, 0.2) is 42.3 Å². The fourth-order valence-electron chi connectivity index (χ4n) is 3.44. The molecule has 0 saturated heterocycles. The highest BCUT2D eigenvalue weighted by Crippen LogP contribution is 2.45. The van der Waals surface area contributed by atoms with E-state index in [1.165, 1.54) is 35.4 Å². The molecule has 2 nitrogen and oxygen atoms in total. The number of unbranched alkanes of at least 4 members (excludes halogenated alkanes) is 4. The van der Waals surface area contributed by atoms with Gasteiger partial charge in [-0.15, -0.1) is 40.6 Å². The van der Waals surface area contributed by atoms with Crippen LogP contribution in [0.4, 0.5) is 0 Å². The first-order valence-corrected chi connectivity index (χ1v) is 12.5. The molecule has 0 bridgehead atoms. The second-order valence-corrected chi connectivity index (χ2v) is 10.0. The molecule has 0 aliphatic rings. The van der Waals surface area contributed by atoms with Gasteiger partial charge in [-0.3, -0.25) is 0 Å². The standard InChI is InChI=1S/C24H24N2S3/c1-3-5-6-7-8-10-17(4-2)23-18(15-25)19(16-26)24(29-23)22-13-12-21(28-22)20-11-9-14-27-20/h4,9,11-14,17H,2-3,5-8,10H2,1H3. The third kappa shape index (κ3) is 4.87. The van der Waals surface area contributed by atoms with Crippen molar-refractivity contribution in [3.05, 3.63) is 58.3 Å². The van der Waals surface area contributed by atoms with E-state index in [2.05, 4.69) is 49.2 Å². The maximum absolute atomic E-state index is 9.81. The van der Waals surface area contributed by atoms with Crippen molar-refractivity contribution in [3.8, 4) is 31.6 Å². The highest BCUT2D eigenvalue weighted by molar-refractivity contribution is 7.26. The van der Waals surface area contributed by atoms with Crippen molar-refractivity contribution in [2.45, 2.75) is 51.4 Å². The van der Waals surface area contributed by atoms with Gasteiger partial charge in [0.05, 0.1) is 16.0 Å². The zero-order valence-corrected chi connectivity index (χ0v) is 19.1. The summed E-state index contributed by atoms with van der Waals surface area (Å²) >= 11 is 5.00. The Kier molecular flexibility index (Phi) is 7.83. The van der Waals surface area contributed by atoms with E-state index in [0.29, 0.717) is 11.1 Å². The summed E-state index contributed by atoms with van der Waals surface area (Å²) in [6.45, 7) is 6.24. The van der Waals surface area contributed by atoms with E-state index >= 15 is 0 Å². The average Bonchev–Trinajstić information content (AvgIpc) is 3.48. The lowest BCUT2D eigenvalue weighted by Gasteiger charge is -2.11. The van der Waals surface area contributed by atoms with Gasteiger partial charge in [0, 0.05) is 25.4 Å². The molecular weight excluding hydrogens is 412 g/mol. The van der Waals surface area contributed by atoms with E-state index in [9.17, 15) is 10.5 Å². The Labute approximate surface area is 185 Å². The van der Waals surface area contributed by atoms with Crippen LogP contribution in [0.25, 0.3) is 19.5 Å². The third-order valence-corrected chi connectivity index (χ3v) is 8.65. The first-order chi connectivity index (χ1) is 14.2. The molecule has 0 fully saturated rings. The highest BCUT2D eigenvalue weighted by atomic mass is 32.1. The summed E-state index contributed by atoms with van der Waals surface area (Å²) in [5.41, 5.74) is 1.06. The number of hydrogen-bond donors (Lipinski definition) is 0. The van der Waals surface area contributed by atoms with Crippen LogP contribution in [0, 0.1) is 22.7 Å². The second kappa shape index (κ2) is 10.6. The quantitative estimate of drug-likeness (QED) is 0.236. The summed E-state index contributed by atoms with van der Waals surface area (Å²) in [5.74, 6) is 0.133. The number of hydrogen-bond acceptors (Lipinski definition) is 5. The summed E-state index contributed by atoms with van der Waals surface area (Å²) < 4.78 is 0. The molecular formula is C24H24N2S3. The maximum atomic E-state index is 9.81. The minimum Gasteiger partial charge on any atom is -0.192 e. The molecule has 0 N–H and O–H groups in total. The molecule has 0 spiro atoms. The van der Waals surface area contributed by atoms with Crippen molar-refractivity contribution >= 4 is 34.0 Å². The van der Waals surface area contributed by atoms with Crippen LogP contribution in [0.1, 0.15) is 67.4 Å². The summed E-state index contributed by atoms with van der Waals surface area (Å²) in [6.07, 6.45) is 9.02. The number of rotatable bonds is 10. The molecule has 5 heteroatoms. The Hall–Kier alpha value is -2.18. The molecule has 1 unspecified atom stereocenters. The lowest BCUT2D eigenvalue weighted by Crippen LogP contribution is -1.96. The molecule has 3 heterocycles. The molecule has 1 atom stereocenters. The van der Waals surface area contributed by atoms with Crippen LogP contribution < -0.4 is 0 Å². The van der Waals surface area contributed by atoms with Crippen molar-refractivity contribution < 1.29 is 0 Å². The molecule has 3 rings (SSSR count). The summed E-state index contributed by atoms with van der Waals surface area (Å²) in [5, 5.41) is 21.7. The number of nitrogens with zero attached hydrogens (tertiary/aromatic N) is 2. The van der Waals surface area contributed by atoms with Crippen molar-refractivity contribution in [1.82, 2.24) is 0 Å². The average molecular weight is 437 g/mol. The minimum atomic E-state index is 0.133. The molecule has 0 aromatic carbocycles. The van der Waals surface area contributed by atoms with Crippen LogP contribution >= 0.6 is 34.0 Å². The van der Waals surface area contributed by atoms with Gasteiger partial charge in [-0.05, 0) is 30.0 Å². The normalized spacial score (nSPS) is 11.7. The minimum absolute atomic E-state index is 0.133. The predicted molar refractivity (Wildman–Crippen MR) is 127 cm³/mol. The molecule has 3 aromatic rings. The monoisotopic (exact) mass is 436 g/mol. The Morgan fingerprint density at radius 3 is 2.38 bits per heavy atom. The van der Waals surface area contributed by atoms with E-state index < -0.39 is 0 Å². The molecule has 0 aliphatic carbocycles. The van der Waals surface area contributed by atoms with Crippen LogP contribution in [0.5, 0.6) is 0 Å². The van der Waals surface area contributed by atoms with Gasteiger partial charge in [-0.1, -0.05) is 51.2 Å². The van der Waals surface area contributed by atoms with Gasteiger partial charge in [0.25, 0.3) is 0 Å². The molecule has 0 saturated carbocycles. The van der Waals surface area contributed by atoms with E-state index in [4.69, 9.17) is 0 Å². The van der Waals surface area contributed by atoms with Crippen molar-refractivity contribution in [2.24, 2.45) is 0 Å². The Balaban J connectivity index is 1.90. The van der Waals surface area contributed by atoms with Crippen LogP contribution in [0.2, 0.25) is 0 Å². The molecule has 0 aliphatic heterocycles. The molecule has 148 valence electrons. The van der Waals surface area contributed by atoms with E-state index in [0.717, 1.165) is 27.5 Å². The highest BCUT2D eigenvalue weighted by Gasteiger charge is 2.24. The Morgan fingerprint density at radius 1 is 0.966 bits per heavy atom. The fraction of sp³-hybridized carbons (Fsp3) is 0.333. The third-order valence-electron chi connectivity index (χ3n) is 4.99. The van der Waals surface area contributed by atoms with Gasteiger partial charge >= 0.3 is 0 Å². The first kappa shape index (κ1) is 21.5. The number of thiophene rings is 3. The Bertz CT molecular complexity index is 1030. The smallest absolute Gasteiger partial charge is 0.102 e. The summed E-state index contributed by atoms with van der Waals surface area (Å²) in [4.78, 5) is 5.40. The fourth-order valence-corrected chi connectivity index (χ4v) is 6.73. The van der Waals surface area contributed by atoms with Crippen molar-refractivity contribution in [1.29, 1.82) is 10.5 Å². The van der Waals surface area contributed by atoms with Gasteiger partial charge in [-0.2, -0.15) is 10.5 Å². The van der Waals surface area contributed by atoms with Crippen LogP contribution in [-0.4, -0.2) is 0 Å². The first-order valence-electron chi connectivity index (χ1n) is 9.97. The van der Waals surface area contributed by atoms with Crippen LogP contribution in [-0.2, 0) is 0 Å². The van der Waals surface area contributed by atoms with Gasteiger partial charge in [0.2, 0.25) is 0 Å². The molecule has 3 aromatic heterocycles. The number of allylic oxidation sites excluding steroid dienone is 1. The van der Waals surface area contributed by atoms with E-state index in [1.54, 1.807) is 34.0 Å². The zero-order chi connectivity index (χ0) is 20.6. The second-order valence-electron chi connectivity index (χ2n) is 6.96. The lowest BCUT2D eigenvalue weighted by molar-refractivity contribution is 0.589. The Morgan fingerprint density at radius 2 is 1.72 bits per heavy atom. The summed E-state index contributed by atoms with van der Waals surface area (Å²) in [6, 6.07) is 13.0. The van der Waals surface area contributed by atoms with Gasteiger partial charge in [-0.25, -0.2) is 0 Å². The summed E-state index contributed by atoms with van der Waals surface area (Å²) in [7, 11) is 0. The van der Waals surface area contributed by atoms with E-state index in [-0.39, 0.29) is 5.92 Å². The molecule has 29 heavy (non-hydrogen) atoms. The maximum Gasteiger partial charge on any atom is 0.102 e. The molecule has 0 amide bonds. The zero-order valence-electron chi connectivity index (χ0n) is 16.6. The van der Waals surface area contributed by atoms with Gasteiger partial charge < -0.3 is 0 Å². The topological polar surface area (TPSA) is 47.6 Å². The number of nitriles is 2. The predicted octanol–water partition coefficient (Wildman–Crippen LogP) is 8.58. The van der Waals surface area contributed by atoms with Crippen molar-refractivity contribution in [3.63, 3.8) is 0 Å².